The van der Waals surface area contributed by atoms with Crippen molar-refractivity contribution in [3.63, 3.8) is 0 Å². The third kappa shape index (κ3) is 4.06. The zero-order valence-electron chi connectivity index (χ0n) is 12.5. The van der Waals surface area contributed by atoms with Gasteiger partial charge in [0.2, 0.25) is 0 Å². The highest BCUT2D eigenvalue weighted by Crippen LogP contribution is 2.20. The second-order valence-electron chi connectivity index (χ2n) is 4.47. The average Bonchev–Trinajstić information content (AvgIpc) is 2.42. The summed E-state index contributed by atoms with van der Waals surface area (Å²) in [6, 6.07) is -0.483. The highest BCUT2D eigenvalue weighted by molar-refractivity contribution is 5.79. The number of nitrogens with two attached hydrogens (primary N) is 1. The Morgan fingerprint density at radius 3 is 2.55 bits per heavy atom. The number of esters is 1. The molecule has 0 aliphatic rings. The Balaban J connectivity index is 2.97. The second kappa shape index (κ2) is 7.64. The summed E-state index contributed by atoms with van der Waals surface area (Å²) in [5.74, 6) is 6.98. The van der Waals surface area contributed by atoms with Gasteiger partial charge in [-0.3, -0.25) is 0 Å². The highest BCUT2D eigenvalue weighted by Gasteiger charge is 2.17. The Labute approximate surface area is 119 Å². The van der Waals surface area contributed by atoms with Gasteiger partial charge in [-0.05, 0) is 27.2 Å². The van der Waals surface area contributed by atoms with Gasteiger partial charge in [-0.1, -0.05) is 6.92 Å². The lowest BCUT2D eigenvalue weighted by Gasteiger charge is -2.17. The van der Waals surface area contributed by atoms with Crippen LogP contribution in [-0.2, 0) is 16.0 Å². The molecule has 0 aliphatic heterocycles. The van der Waals surface area contributed by atoms with Crippen molar-refractivity contribution < 1.29 is 9.53 Å². The van der Waals surface area contributed by atoms with Crippen molar-refractivity contribution in [2.75, 3.05) is 17.3 Å². The Morgan fingerprint density at radius 1 is 1.35 bits per heavy atom. The molecule has 112 valence electrons. The van der Waals surface area contributed by atoms with Crippen molar-refractivity contribution in [2.45, 2.75) is 46.6 Å². The summed E-state index contributed by atoms with van der Waals surface area (Å²) in [4.78, 5) is 20.4. The van der Waals surface area contributed by atoms with Gasteiger partial charge >= 0.3 is 5.97 Å². The molecule has 7 heteroatoms. The molecule has 0 aromatic carbocycles. The second-order valence-corrected chi connectivity index (χ2v) is 4.47. The van der Waals surface area contributed by atoms with Crippen molar-refractivity contribution in [2.24, 2.45) is 5.84 Å². The summed E-state index contributed by atoms with van der Waals surface area (Å²) in [5, 5.41) is 3.05. The van der Waals surface area contributed by atoms with Crippen LogP contribution in [0.4, 0.5) is 11.6 Å². The number of hydrogen-bond donors (Lipinski definition) is 3. The molecular formula is C13H23N5O2. The Kier molecular flexibility index (Phi) is 6.17. The smallest absolute Gasteiger partial charge is 0.328 e. The molecule has 1 atom stereocenters. The van der Waals surface area contributed by atoms with E-state index >= 15 is 0 Å². The lowest BCUT2D eigenvalue weighted by Crippen LogP contribution is -2.29. The predicted octanol–water partition coefficient (Wildman–Crippen LogP) is 1.39. The molecule has 1 aromatic heterocycles. The monoisotopic (exact) mass is 281 g/mol. The maximum absolute atomic E-state index is 11.7. The molecule has 0 fully saturated rings. The summed E-state index contributed by atoms with van der Waals surface area (Å²) < 4.78 is 4.96. The number of nitrogens with zero attached hydrogens (tertiary/aromatic N) is 2. The fourth-order valence-corrected chi connectivity index (χ4v) is 1.71. The lowest BCUT2D eigenvalue weighted by molar-refractivity contribution is -0.143. The topological polar surface area (TPSA) is 102 Å². The molecule has 0 saturated carbocycles. The molecule has 0 bridgehead atoms. The normalized spacial score (nSPS) is 11.8. The summed E-state index contributed by atoms with van der Waals surface area (Å²) in [6.45, 7) is 7.74. The van der Waals surface area contributed by atoms with E-state index in [-0.39, 0.29) is 5.97 Å². The van der Waals surface area contributed by atoms with E-state index in [9.17, 15) is 4.79 Å². The molecule has 4 N–H and O–H groups in total. The summed E-state index contributed by atoms with van der Waals surface area (Å²) in [6.07, 6.45) is 1.68. The van der Waals surface area contributed by atoms with Crippen LogP contribution < -0.4 is 16.6 Å². The molecule has 0 radical (unpaired) electrons. The number of nitrogens with one attached hydrogen (secondary N) is 2. The Hall–Kier alpha value is -1.89. The van der Waals surface area contributed by atoms with Crippen molar-refractivity contribution >= 4 is 17.6 Å². The van der Waals surface area contributed by atoms with Crippen LogP contribution in [0.2, 0.25) is 0 Å². The van der Waals surface area contributed by atoms with E-state index in [1.165, 1.54) is 0 Å². The van der Waals surface area contributed by atoms with E-state index in [1.807, 2.05) is 13.8 Å². The summed E-state index contributed by atoms with van der Waals surface area (Å²) >= 11 is 0. The molecular weight excluding hydrogens is 258 g/mol. The largest absolute Gasteiger partial charge is 0.464 e. The van der Waals surface area contributed by atoms with E-state index in [0.717, 1.165) is 18.4 Å². The highest BCUT2D eigenvalue weighted by atomic mass is 16.5. The van der Waals surface area contributed by atoms with Gasteiger partial charge < -0.3 is 15.5 Å². The van der Waals surface area contributed by atoms with Gasteiger partial charge in [0.15, 0.2) is 0 Å². The summed E-state index contributed by atoms with van der Waals surface area (Å²) in [7, 11) is 0. The van der Waals surface area contributed by atoms with E-state index in [2.05, 4.69) is 20.7 Å². The van der Waals surface area contributed by atoms with E-state index in [1.54, 1.807) is 13.8 Å². The molecule has 1 rings (SSSR count). The van der Waals surface area contributed by atoms with Crippen LogP contribution in [-0.4, -0.2) is 28.6 Å². The fourth-order valence-electron chi connectivity index (χ4n) is 1.71. The predicted molar refractivity (Wildman–Crippen MR) is 78.3 cm³/mol. The maximum atomic E-state index is 11.7. The van der Waals surface area contributed by atoms with E-state index in [4.69, 9.17) is 10.6 Å². The average molecular weight is 281 g/mol. The zero-order chi connectivity index (χ0) is 15.1. The maximum Gasteiger partial charge on any atom is 0.328 e. The summed E-state index contributed by atoms with van der Waals surface area (Å²) in [5.41, 5.74) is 3.32. The van der Waals surface area contributed by atoms with Crippen molar-refractivity contribution in [1.82, 2.24) is 9.97 Å². The van der Waals surface area contributed by atoms with Crippen molar-refractivity contribution in [1.29, 1.82) is 0 Å². The zero-order valence-corrected chi connectivity index (χ0v) is 12.5. The van der Waals surface area contributed by atoms with Gasteiger partial charge in [0, 0.05) is 12.0 Å². The minimum atomic E-state index is -0.483. The number of hydrazine groups is 1. The van der Waals surface area contributed by atoms with E-state index in [0.29, 0.717) is 24.1 Å². The molecule has 1 heterocycles. The number of rotatable bonds is 7. The Morgan fingerprint density at radius 2 is 2.00 bits per heavy atom. The van der Waals surface area contributed by atoms with Crippen LogP contribution in [0.15, 0.2) is 0 Å². The number of nitrogen functional groups attached to an aromatic ring is 1. The first-order valence-corrected chi connectivity index (χ1v) is 6.80. The minimum Gasteiger partial charge on any atom is -0.464 e. The van der Waals surface area contributed by atoms with Gasteiger partial charge in [0.1, 0.15) is 23.5 Å². The molecule has 0 amide bonds. The van der Waals surface area contributed by atoms with Crippen LogP contribution in [0.25, 0.3) is 0 Å². The first kappa shape index (κ1) is 16.2. The van der Waals surface area contributed by atoms with Crippen LogP contribution in [0.1, 0.15) is 38.6 Å². The standard InChI is InChI=1S/C13H23N5O2/c1-5-7-10-16-11(8(3)12(17-10)18-14)15-9(4)13(19)20-6-2/h9H,5-7,14H2,1-4H3,(H2,15,16,17,18). The molecule has 7 nitrogen and oxygen atoms in total. The SMILES string of the molecule is CCCc1nc(NN)c(C)c(NC(C)C(=O)OCC)n1. The van der Waals surface area contributed by atoms with Crippen molar-refractivity contribution in [3.8, 4) is 0 Å². The number of ether oxygens (including phenoxy) is 1. The molecule has 0 aliphatic carbocycles. The van der Waals surface area contributed by atoms with Crippen LogP contribution in [0, 0.1) is 6.92 Å². The van der Waals surface area contributed by atoms with Crippen LogP contribution in [0.5, 0.6) is 0 Å². The molecule has 0 saturated heterocycles. The molecule has 20 heavy (non-hydrogen) atoms. The molecule has 1 aromatic rings. The molecule has 1 unspecified atom stereocenters. The number of hydrogen-bond acceptors (Lipinski definition) is 7. The number of anilines is 2. The number of aryl methyl sites for hydroxylation is 1. The first-order valence-electron chi connectivity index (χ1n) is 6.80. The third-order valence-corrected chi connectivity index (χ3v) is 2.80. The van der Waals surface area contributed by atoms with Gasteiger partial charge in [0.05, 0.1) is 6.61 Å². The van der Waals surface area contributed by atoms with Crippen LogP contribution in [0.3, 0.4) is 0 Å². The van der Waals surface area contributed by atoms with Gasteiger partial charge in [0.25, 0.3) is 0 Å². The number of carbonyl (C=O) groups is 1. The lowest BCUT2D eigenvalue weighted by atomic mass is 10.2. The number of aromatic nitrogens is 2. The quantitative estimate of drug-likeness (QED) is 0.394. The Bertz CT molecular complexity index is 464. The fraction of sp³-hybridized carbons (Fsp3) is 0.615. The van der Waals surface area contributed by atoms with Crippen molar-refractivity contribution in [3.05, 3.63) is 11.4 Å². The van der Waals surface area contributed by atoms with Crippen LogP contribution >= 0.6 is 0 Å². The third-order valence-electron chi connectivity index (χ3n) is 2.80. The molecule has 0 spiro atoms. The first-order chi connectivity index (χ1) is 9.53. The van der Waals surface area contributed by atoms with E-state index < -0.39 is 6.04 Å². The van der Waals surface area contributed by atoms with Gasteiger partial charge in [-0.2, -0.15) is 0 Å². The number of carbonyl (C=O) groups excluding carboxylic acids is 1. The van der Waals surface area contributed by atoms with Gasteiger partial charge in [-0.25, -0.2) is 20.6 Å². The minimum absolute atomic E-state index is 0.315. The van der Waals surface area contributed by atoms with Gasteiger partial charge in [-0.15, -0.1) is 0 Å².